The third kappa shape index (κ3) is 3.25. The van der Waals surface area contributed by atoms with Gasteiger partial charge in [-0.1, -0.05) is 17.7 Å². The van der Waals surface area contributed by atoms with Gasteiger partial charge in [-0.3, -0.25) is 9.59 Å². The molecule has 1 N–H and O–H groups in total. The van der Waals surface area contributed by atoms with Crippen LogP contribution in [0.25, 0.3) is 0 Å². The molecule has 2 aliphatic heterocycles. The molecule has 2 fully saturated rings. The van der Waals surface area contributed by atoms with Crippen molar-refractivity contribution in [3.8, 4) is 0 Å². The van der Waals surface area contributed by atoms with Crippen LogP contribution < -0.4 is 5.32 Å². The van der Waals surface area contributed by atoms with Crippen LogP contribution in [0.3, 0.4) is 0 Å². The molecule has 130 valence electrons. The van der Waals surface area contributed by atoms with Gasteiger partial charge in [0.1, 0.15) is 5.92 Å². The van der Waals surface area contributed by atoms with Gasteiger partial charge < -0.3 is 10.2 Å². The van der Waals surface area contributed by atoms with Gasteiger partial charge in [-0.2, -0.15) is 0 Å². The standard InChI is InChI=1S/C20H28N2O2/c1-12-9-13(2)17(14(3)10-12)18-19(23)16(21-20(18)24)11-15-5-7-22(4)8-6-15/h9-10,15-16,18H,5-8,11H2,1-4H3,(H,21,24). The Morgan fingerprint density at radius 1 is 1.08 bits per heavy atom. The summed E-state index contributed by atoms with van der Waals surface area (Å²) in [7, 11) is 2.14. The van der Waals surface area contributed by atoms with Crippen molar-refractivity contribution in [1.29, 1.82) is 0 Å². The zero-order chi connectivity index (χ0) is 17.4. The number of aryl methyl sites for hydroxylation is 3. The van der Waals surface area contributed by atoms with Gasteiger partial charge in [-0.25, -0.2) is 0 Å². The first-order valence-electron chi connectivity index (χ1n) is 8.97. The number of benzene rings is 1. The van der Waals surface area contributed by atoms with E-state index >= 15 is 0 Å². The summed E-state index contributed by atoms with van der Waals surface area (Å²) in [4.78, 5) is 27.8. The van der Waals surface area contributed by atoms with Gasteiger partial charge in [0.15, 0.2) is 5.78 Å². The van der Waals surface area contributed by atoms with Crippen LogP contribution in [-0.2, 0) is 9.59 Å². The highest BCUT2D eigenvalue weighted by Gasteiger charge is 2.43. The molecule has 2 saturated heterocycles. The number of piperidine rings is 1. The topological polar surface area (TPSA) is 49.4 Å². The van der Waals surface area contributed by atoms with Crippen molar-refractivity contribution < 1.29 is 9.59 Å². The molecule has 2 atom stereocenters. The molecule has 0 saturated carbocycles. The predicted molar refractivity (Wildman–Crippen MR) is 95.2 cm³/mol. The second kappa shape index (κ2) is 6.67. The Kier molecular flexibility index (Phi) is 4.77. The van der Waals surface area contributed by atoms with Crippen molar-refractivity contribution in [1.82, 2.24) is 10.2 Å². The molecule has 0 aliphatic carbocycles. The summed E-state index contributed by atoms with van der Waals surface area (Å²) in [5.41, 5.74) is 4.17. The first-order valence-corrected chi connectivity index (χ1v) is 8.97. The van der Waals surface area contributed by atoms with Crippen molar-refractivity contribution in [3.63, 3.8) is 0 Å². The van der Waals surface area contributed by atoms with E-state index in [9.17, 15) is 9.59 Å². The highest BCUT2D eigenvalue weighted by molar-refractivity contribution is 6.15. The summed E-state index contributed by atoms with van der Waals surface area (Å²) in [6, 6.07) is 3.82. The summed E-state index contributed by atoms with van der Waals surface area (Å²) in [5, 5.41) is 2.98. The van der Waals surface area contributed by atoms with Gasteiger partial charge >= 0.3 is 0 Å². The number of likely N-dealkylation sites (tertiary alicyclic amines) is 1. The molecule has 2 heterocycles. The maximum Gasteiger partial charge on any atom is 0.235 e. The van der Waals surface area contributed by atoms with Gasteiger partial charge in [0.2, 0.25) is 5.91 Å². The van der Waals surface area contributed by atoms with Crippen LogP contribution >= 0.6 is 0 Å². The minimum absolute atomic E-state index is 0.0639. The first-order chi connectivity index (χ1) is 11.4. The molecule has 1 aromatic carbocycles. The number of hydrogen-bond acceptors (Lipinski definition) is 3. The minimum atomic E-state index is -0.623. The Hall–Kier alpha value is -1.68. The molecule has 1 amide bonds. The van der Waals surface area contributed by atoms with Crippen LogP contribution in [0.5, 0.6) is 0 Å². The van der Waals surface area contributed by atoms with Crippen molar-refractivity contribution >= 4 is 11.7 Å². The number of amides is 1. The molecule has 0 radical (unpaired) electrons. The molecule has 2 aliphatic rings. The molecule has 0 aromatic heterocycles. The summed E-state index contributed by atoms with van der Waals surface area (Å²) < 4.78 is 0. The fourth-order valence-corrected chi connectivity index (χ4v) is 4.38. The first kappa shape index (κ1) is 17.2. The zero-order valence-corrected chi connectivity index (χ0v) is 15.2. The third-order valence-electron chi connectivity index (χ3n) is 5.64. The van der Waals surface area contributed by atoms with Crippen molar-refractivity contribution in [3.05, 3.63) is 34.4 Å². The van der Waals surface area contributed by atoms with E-state index in [0.717, 1.165) is 49.0 Å². The van der Waals surface area contributed by atoms with Crippen molar-refractivity contribution in [2.24, 2.45) is 5.92 Å². The van der Waals surface area contributed by atoms with Crippen molar-refractivity contribution in [2.75, 3.05) is 20.1 Å². The quantitative estimate of drug-likeness (QED) is 0.867. The molecule has 0 bridgehead atoms. The average Bonchev–Trinajstić information content (AvgIpc) is 2.76. The van der Waals surface area contributed by atoms with Gasteiger partial charge in [0.05, 0.1) is 6.04 Å². The molecule has 4 heteroatoms. The second-order valence-corrected chi connectivity index (χ2v) is 7.69. The molecule has 24 heavy (non-hydrogen) atoms. The number of hydrogen-bond donors (Lipinski definition) is 1. The Labute approximate surface area is 144 Å². The number of Topliss-reactive ketones (excluding diaryl/α,β-unsaturated/α-hetero) is 1. The minimum Gasteiger partial charge on any atom is -0.345 e. The monoisotopic (exact) mass is 328 g/mol. The molecular weight excluding hydrogens is 300 g/mol. The number of ketones is 1. The van der Waals surface area contributed by atoms with Crippen LogP contribution in [0.4, 0.5) is 0 Å². The predicted octanol–water partition coefficient (Wildman–Crippen LogP) is 2.49. The Bertz CT molecular complexity index is 637. The van der Waals surface area contributed by atoms with E-state index in [1.165, 1.54) is 5.56 Å². The Balaban J connectivity index is 1.77. The van der Waals surface area contributed by atoms with Crippen LogP contribution in [0.1, 0.15) is 47.4 Å². The van der Waals surface area contributed by atoms with Crippen LogP contribution in [0.2, 0.25) is 0 Å². The Morgan fingerprint density at radius 2 is 1.67 bits per heavy atom. The lowest BCUT2D eigenvalue weighted by molar-refractivity contribution is -0.124. The van der Waals surface area contributed by atoms with Gasteiger partial charge in [0.25, 0.3) is 0 Å². The van der Waals surface area contributed by atoms with Gasteiger partial charge in [-0.05, 0) is 82.8 Å². The van der Waals surface area contributed by atoms with Crippen LogP contribution in [0, 0.1) is 26.7 Å². The smallest absolute Gasteiger partial charge is 0.235 e. The SMILES string of the molecule is Cc1cc(C)c(C2C(=O)NC(CC3CCN(C)CC3)C2=O)c(C)c1. The number of carbonyl (C=O) groups excluding carboxylic acids is 2. The van der Waals surface area contributed by atoms with Gasteiger partial charge in [0, 0.05) is 0 Å². The highest BCUT2D eigenvalue weighted by Crippen LogP contribution is 2.33. The van der Waals surface area contributed by atoms with E-state index in [4.69, 9.17) is 0 Å². The number of nitrogens with zero attached hydrogens (tertiary/aromatic N) is 1. The summed E-state index contributed by atoms with van der Waals surface area (Å²) in [5.74, 6) is -0.141. The second-order valence-electron chi connectivity index (χ2n) is 7.69. The Morgan fingerprint density at radius 3 is 2.25 bits per heavy atom. The van der Waals surface area contributed by atoms with E-state index in [0.29, 0.717) is 5.92 Å². The summed E-state index contributed by atoms with van der Waals surface area (Å²) in [6.07, 6.45) is 3.02. The average molecular weight is 328 g/mol. The third-order valence-corrected chi connectivity index (χ3v) is 5.64. The lowest BCUT2D eigenvalue weighted by Crippen LogP contribution is -2.36. The zero-order valence-electron chi connectivity index (χ0n) is 15.2. The molecule has 0 spiro atoms. The molecular formula is C20H28N2O2. The molecule has 3 rings (SSSR count). The highest BCUT2D eigenvalue weighted by atomic mass is 16.2. The molecule has 4 nitrogen and oxygen atoms in total. The van der Waals surface area contributed by atoms with Gasteiger partial charge in [-0.15, -0.1) is 0 Å². The normalized spacial score (nSPS) is 26.0. The van der Waals surface area contributed by atoms with E-state index in [1.807, 2.05) is 20.8 Å². The van der Waals surface area contributed by atoms with E-state index in [1.54, 1.807) is 0 Å². The fraction of sp³-hybridized carbons (Fsp3) is 0.600. The summed E-state index contributed by atoms with van der Waals surface area (Å²) in [6.45, 7) is 8.21. The molecule has 1 aromatic rings. The summed E-state index contributed by atoms with van der Waals surface area (Å²) >= 11 is 0. The maximum absolute atomic E-state index is 13.0. The fourth-order valence-electron chi connectivity index (χ4n) is 4.38. The molecule has 2 unspecified atom stereocenters. The van der Waals surface area contributed by atoms with E-state index in [-0.39, 0.29) is 17.7 Å². The lowest BCUT2D eigenvalue weighted by atomic mass is 9.84. The van der Waals surface area contributed by atoms with Crippen LogP contribution in [-0.4, -0.2) is 42.8 Å². The van der Waals surface area contributed by atoms with E-state index < -0.39 is 5.92 Å². The number of carbonyl (C=O) groups is 2. The lowest BCUT2D eigenvalue weighted by Gasteiger charge is -2.30. The van der Waals surface area contributed by atoms with E-state index in [2.05, 4.69) is 29.4 Å². The largest absolute Gasteiger partial charge is 0.345 e. The number of nitrogens with one attached hydrogen (secondary N) is 1. The maximum atomic E-state index is 13.0. The van der Waals surface area contributed by atoms with Crippen LogP contribution in [0.15, 0.2) is 12.1 Å². The number of rotatable bonds is 3. The van der Waals surface area contributed by atoms with Crippen molar-refractivity contribution in [2.45, 2.75) is 52.0 Å².